The Morgan fingerprint density at radius 1 is 1.26 bits per heavy atom. The topological polar surface area (TPSA) is 22.0 Å². The van der Waals surface area contributed by atoms with Gasteiger partial charge in [0.05, 0.1) is 5.39 Å². The van der Waals surface area contributed by atoms with Crippen LogP contribution in [0.1, 0.15) is 18.5 Å². The molecule has 19 heavy (non-hydrogen) atoms. The molecule has 0 unspecified atom stereocenters. The van der Waals surface area contributed by atoms with Crippen molar-refractivity contribution in [3.63, 3.8) is 0 Å². The van der Waals surface area contributed by atoms with Gasteiger partial charge < -0.3 is 0 Å². The van der Waals surface area contributed by atoms with E-state index in [0.717, 1.165) is 24.2 Å². The Morgan fingerprint density at radius 2 is 2.11 bits per heavy atom. The number of nitrogens with zero attached hydrogens (tertiary/aromatic N) is 1. The number of hydrogen-bond donors (Lipinski definition) is 0. The molecule has 1 aromatic carbocycles. The van der Waals surface area contributed by atoms with Crippen LogP contribution in [0.5, 0.6) is 0 Å². The lowest BCUT2D eigenvalue weighted by molar-refractivity contribution is 0.638. The average molecular weight is 255 g/mol. The lowest BCUT2D eigenvalue weighted by Gasteiger charge is -2.15. The van der Waals surface area contributed by atoms with E-state index in [9.17, 15) is 9.18 Å². The van der Waals surface area contributed by atoms with Gasteiger partial charge >= 0.3 is 0 Å². The summed E-state index contributed by atoms with van der Waals surface area (Å²) in [6.45, 7) is 1.87. The summed E-state index contributed by atoms with van der Waals surface area (Å²) in [5.41, 5.74) is 1.37. The van der Waals surface area contributed by atoms with E-state index in [1.54, 1.807) is 16.7 Å². The molecule has 0 fully saturated rings. The third-order valence-electron chi connectivity index (χ3n) is 3.41. The number of halogens is 1. The van der Waals surface area contributed by atoms with Crippen LogP contribution in [0.2, 0.25) is 0 Å². The van der Waals surface area contributed by atoms with E-state index in [4.69, 9.17) is 0 Å². The normalized spacial score (nSPS) is 14.7. The maximum Gasteiger partial charge on any atom is 0.266 e. The second kappa shape index (κ2) is 4.50. The minimum Gasteiger partial charge on any atom is -0.281 e. The van der Waals surface area contributed by atoms with Crippen LogP contribution in [0.25, 0.3) is 16.5 Å². The molecule has 0 aliphatic heterocycles. The Bertz CT molecular complexity index is 768. The molecule has 0 saturated heterocycles. The first kappa shape index (κ1) is 11.9. The molecule has 0 amide bonds. The number of rotatable bonds is 1. The zero-order valence-electron chi connectivity index (χ0n) is 10.7. The lowest BCUT2D eigenvalue weighted by Crippen LogP contribution is -2.22. The van der Waals surface area contributed by atoms with Crippen LogP contribution in [-0.2, 0) is 0 Å². The second-order valence-electron chi connectivity index (χ2n) is 4.74. The van der Waals surface area contributed by atoms with Crippen LogP contribution in [0.4, 0.5) is 4.39 Å². The zero-order chi connectivity index (χ0) is 13.4. The highest BCUT2D eigenvalue weighted by molar-refractivity contribution is 5.83. The van der Waals surface area contributed by atoms with Crippen molar-refractivity contribution < 1.29 is 4.39 Å². The Labute approximate surface area is 110 Å². The number of pyridine rings is 1. The predicted octanol–water partition coefficient (Wildman–Crippen LogP) is 3.64. The standard InChI is InChI=1S/C16H14FNO/c1-11-10-12-6-5-9-14(17)15(12)16(19)18(11)13-7-3-2-4-8-13/h3,5-10H,2,4H2,1H3. The van der Waals surface area contributed by atoms with Crippen molar-refractivity contribution in [1.82, 2.24) is 4.57 Å². The molecule has 3 rings (SSSR count). The molecule has 2 nitrogen and oxygen atoms in total. The summed E-state index contributed by atoms with van der Waals surface area (Å²) in [6.07, 6.45) is 7.87. The van der Waals surface area contributed by atoms with E-state index >= 15 is 0 Å². The molecule has 0 bridgehead atoms. The first-order valence-corrected chi connectivity index (χ1v) is 6.36. The molecule has 1 heterocycles. The second-order valence-corrected chi connectivity index (χ2v) is 4.74. The molecule has 0 N–H and O–H groups in total. The van der Waals surface area contributed by atoms with Crippen LogP contribution in [0, 0.1) is 12.7 Å². The van der Waals surface area contributed by atoms with Crippen LogP contribution in [0.15, 0.2) is 47.3 Å². The predicted molar refractivity (Wildman–Crippen MR) is 75.6 cm³/mol. The van der Waals surface area contributed by atoms with E-state index < -0.39 is 5.82 Å². The number of hydrogen-bond acceptors (Lipinski definition) is 1. The van der Waals surface area contributed by atoms with Gasteiger partial charge in [-0.1, -0.05) is 24.3 Å². The highest BCUT2D eigenvalue weighted by Crippen LogP contribution is 2.20. The van der Waals surface area contributed by atoms with E-state index in [-0.39, 0.29) is 10.9 Å². The molecule has 1 aliphatic rings. The third kappa shape index (κ3) is 1.91. The number of allylic oxidation sites excluding steroid dienone is 4. The Hall–Kier alpha value is -2.16. The van der Waals surface area contributed by atoms with Crippen LogP contribution in [-0.4, -0.2) is 4.57 Å². The Morgan fingerprint density at radius 3 is 2.84 bits per heavy atom. The number of aromatic nitrogens is 1. The van der Waals surface area contributed by atoms with Crippen molar-refractivity contribution >= 4 is 16.5 Å². The molecule has 96 valence electrons. The maximum absolute atomic E-state index is 13.9. The van der Waals surface area contributed by atoms with Gasteiger partial charge in [0, 0.05) is 11.4 Å². The quantitative estimate of drug-likeness (QED) is 0.762. The summed E-state index contributed by atoms with van der Waals surface area (Å²) >= 11 is 0. The first-order valence-electron chi connectivity index (χ1n) is 6.36. The van der Waals surface area contributed by atoms with Gasteiger partial charge in [-0.2, -0.15) is 0 Å². The van der Waals surface area contributed by atoms with Crippen molar-refractivity contribution in [2.24, 2.45) is 0 Å². The molecule has 0 atom stereocenters. The molecule has 1 aromatic heterocycles. The van der Waals surface area contributed by atoms with Gasteiger partial charge in [-0.15, -0.1) is 0 Å². The van der Waals surface area contributed by atoms with Gasteiger partial charge in [-0.25, -0.2) is 4.39 Å². The number of fused-ring (bicyclic) bond motifs is 1. The molecule has 0 spiro atoms. The fourth-order valence-electron chi connectivity index (χ4n) is 2.53. The SMILES string of the molecule is Cc1cc2cccc(F)c2c(=O)n1C1=CCCC=C1. The molecular formula is C16H14FNO. The van der Waals surface area contributed by atoms with Gasteiger partial charge in [-0.05, 0) is 43.4 Å². The van der Waals surface area contributed by atoms with Gasteiger partial charge in [0.1, 0.15) is 5.82 Å². The van der Waals surface area contributed by atoms with Crippen molar-refractivity contribution in [3.8, 4) is 0 Å². The Balaban J connectivity index is 2.37. The summed E-state index contributed by atoms with van der Waals surface area (Å²) in [5, 5.41) is 0.812. The summed E-state index contributed by atoms with van der Waals surface area (Å²) < 4.78 is 15.5. The van der Waals surface area contributed by atoms with Gasteiger partial charge in [0.15, 0.2) is 0 Å². The fraction of sp³-hybridized carbons (Fsp3) is 0.188. The summed E-state index contributed by atoms with van der Waals surface area (Å²) in [6, 6.07) is 6.57. The van der Waals surface area contributed by atoms with Gasteiger partial charge in [0.2, 0.25) is 0 Å². The van der Waals surface area contributed by atoms with Crippen molar-refractivity contribution in [2.45, 2.75) is 19.8 Å². The molecule has 1 aliphatic carbocycles. The average Bonchev–Trinajstić information content (AvgIpc) is 2.39. The molecule has 0 saturated carbocycles. The molecule has 0 radical (unpaired) electrons. The van der Waals surface area contributed by atoms with Crippen LogP contribution < -0.4 is 5.56 Å². The van der Waals surface area contributed by atoms with E-state index in [1.807, 2.05) is 31.2 Å². The maximum atomic E-state index is 13.9. The summed E-state index contributed by atoms with van der Waals surface area (Å²) in [5.74, 6) is -0.461. The minimum atomic E-state index is -0.461. The van der Waals surface area contributed by atoms with Crippen molar-refractivity contribution in [3.05, 3.63) is 64.4 Å². The Kier molecular flexibility index (Phi) is 2.82. The molecular weight excluding hydrogens is 241 g/mol. The van der Waals surface area contributed by atoms with Crippen LogP contribution >= 0.6 is 0 Å². The molecule has 3 heteroatoms. The van der Waals surface area contributed by atoms with Crippen molar-refractivity contribution in [1.29, 1.82) is 0 Å². The summed E-state index contributed by atoms with van der Waals surface area (Å²) in [7, 11) is 0. The molecule has 2 aromatic rings. The smallest absolute Gasteiger partial charge is 0.266 e. The largest absolute Gasteiger partial charge is 0.281 e. The lowest BCUT2D eigenvalue weighted by atomic mass is 10.1. The minimum absolute atomic E-state index is 0.160. The summed E-state index contributed by atoms with van der Waals surface area (Å²) in [4.78, 5) is 12.5. The van der Waals surface area contributed by atoms with E-state index in [0.29, 0.717) is 5.39 Å². The zero-order valence-corrected chi connectivity index (χ0v) is 10.7. The third-order valence-corrected chi connectivity index (χ3v) is 3.41. The highest BCUT2D eigenvalue weighted by atomic mass is 19.1. The fourth-order valence-corrected chi connectivity index (χ4v) is 2.53. The number of benzene rings is 1. The van der Waals surface area contributed by atoms with E-state index in [2.05, 4.69) is 0 Å². The highest BCUT2D eigenvalue weighted by Gasteiger charge is 2.12. The number of aryl methyl sites for hydroxylation is 1. The van der Waals surface area contributed by atoms with Crippen molar-refractivity contribution in [2.75, 3.05) is 0 Å². The van der Waals surface area contributed by atoms with Gasteiger partial charge in [0.25, 0.3) is 5.56 Å². The monoisotopic (exact) mass is 255 g/mol. The first-order chi connectivity index (χ1) is 9.18. The van der Waals surface area contributed by atoms with E-state index in [1.165, 1.54) is 6.07 Å². The van der Waals surface area contributed by atoms with Crippen LogP contribution in [0.3, 0.4) is 0 Å². The van der Waals surface area contributed by atoms with Gasteiger partial charge in [-0.3, -0.25) is 9.36 Å².